The van der Waals surface area contributed by atoms with Gasteiger partial charge in [0.2, 0.25) is 11.8 Å². The molecule has 7 heteroatoms. The number of aromatic nitrogens is 2. The van der Waals surface area contributed by atoms with Crippen LogP contribution in [0.3, 0.4) is 0 Å². The van der Waals surface area contributed by atoms with Crippen LogP contribution in [0.25, 0.3) is 0 Å². The summed E-state index contributed by atoms with van der Waals surface area (Å²) in [5.74, 6) is 1.60. The molecule has 3 rings (SSSR count). The van der Waals surface area contributed by atoms with Crippen molar-refractivity contribution in [2.45, 2.75) is 44.5 Å². The van der Waals surface area contributed by atoms with E-state index in [4.69, 9.17) is 9.15 Å². The zero-order chi connectivity index (χ0) is 21.6. The van der Waals surface area contributed by atoms with Gasteiger partial charge >= 0.3 is 0 Å². The summed E-state index contributed by atoms with van der Waals surface area (Å²) in [6.45, 7) is 6.69. The molecule has 0 saturated heterocycles. The maximum absolute atomic E-state index is 12.9. The minimum absolute atomic E-state index is 0.0336. The molecule has 1 aromatic heterocycles. The molecule has 0 unspecified atom stereocenters. The molecule has 1 amide bonds. The second-order valence-electron chi connectivity index (χ2n) is 7.91. The normalized spacial score (nSPS) is 11.3. The molecule has 0 aliphatic rings. The average molecular weight is 426 g/mol. The molecular formula is C23H27N3O3S. The number of methoxy groups -OCH3 is 1. The number of nitrogens with zero attached hydrogens (tertiary/aromatic N) is 3. The van der Waals surface area contributed by atoms with E-state index in [9.17, 15) is 4.79 Å². The Balaban J connectivity index is 1.58. The highest BCUT2D eigenvalue weighted by Crippen LogP contribution is 2.23. The van der Waals surface area contributed by atoms with E-state index >= 15 is 0 Å². The smallest absolute Gasteiger partial charge is 0.277 e. The molecule has 2 aromatic carbocycles. The molecule has 0 radical (unpaired) electrons. The van der Waals surface area contributed by atoms with Gasteiger partial charge in [-0.3, -0.25) is 4.79 Å². The minimum atomic E-state index is -0.290. The fraction of sp³-hybridized carbons (Fsp3) is 0.348. The Labute approximate surface area is 181 Å². The summed E-state index contributed by atoms with van der Waals surface area (Å²) in [5.41, 5.74) is 1.86. The Morgan fingerprint density at radius 2 is 1.73 bits per heavy atom. The zero-order valence-electron chi connectivity index (χ0n) is 17.8. The molecule has 0 aliphatic carbocycles. The van der Waals surface area contributed by atoms with Crippen LogP contribution in [0.2, 0.25) is 0 Å². The first-order valence-electron chi connectivity index (χ1n) is 9.77. The van der Waals surface area contributed by atoms with E-state index in [0.717, 1.165) is 16.9 Å². The van der Waals surface area contributed by atoms with Crippen LogP contribution in [-0.2, 0) is 17.8 Å². The summed E-state index contributed by atoms with van der Waals surface area (Å²) >= 11 is 1.27. The first-order valence-corrected chi connectivity index (χ1v) is 10.8. The largest absolute Gasteiger partial charge is 0.497 e. The first-order chi connectivity index (χ1) is 14.3. The number of hydrogen-bond acceptors (Lipinski definition) is 6. The van der Waals surface area contributed by atoms with Crippen molar-refractivity contribution in [1.29, 1.82) is 0 Å². The van der Waals surface area contributed by atoms with Crippen LogP contribution in [0, 0.1) is 0 Å². The molecule has 158 valence electrons. The number of thioether (sulfide) groups is 1. The number of ether oxygens (including phenoxy) is 1. The third-order valence-corrected chi connectivity index (χ3v) is 5.38. The predicted octanol–water partition coefficient (Wildman–Crippen LogP) is 4.59. The van der Waals surface area contributed by atoms with Gasteiger partial charge in [-0.05, 0) is 44.0 Å². The maximum Gasteiger partial charge on any atom is 0.277 e. The third-order valence-electron chi connectivity index (χ3n) is 4.58. The molecule has 0 fully saturated rings. The van der Waals surface area contributed by atoms with Gasteiger partial charge < -0.3 is 14.1 Å². The lowest BCUT2D eigenvalue weighted by atomic mass is 10.0. The molecule has 30 heavy (non-hydrogen) atoms. The topological polar surface area (TPSA) is 68.5 Å². The number of carbonyl (C=O) groups excluding carboxylic acids is 1. The van der Waals surface area contributed by atoms with Crippen LogP contribution in [0.15, 0.2) is 64.2 Å². The van der Waals surface area contributed by atoms with Crippen LogP contribution in [0.4, 0.5) is 0 Å². The van der Waals surface area contributed by atoms with Gasteiger partial charge in [-0.2, -0.15) is 0 Å². The lowest BCUT2D eigenvalue weighted by Crippen LogP contribution is -2.45. The molecule has 3 aromatic rings. The van der Waals surface area contributed by atoms with Crippen LogP contribution in [0.1, 0.15) is 37.8 Å². The highest BCUT2D eigenvalue weighted by atomic mass is 32.2. The Bertz CT molecular complexity index is 950. The molecular weight excluding hydrogens is 398 g/mol. The van der Waals surface area contributed by atoms with Gasteiger partial charge in [0.1, 0.15) is 5.75 Å². The highest BCUT2D eigenvalue weighted by Gasteiger charge is 2.27. The van der Waals surface area contributed by atoms with E-state index in [1.807, 2.05) is 80.3 Å². The molecule has 0 saturated carbocycles. The molecule has 1 heterocycles. The maximum atomic E-state index is 12.9. The first kappa shape index (κ1) is 21.9. The Kier molecular flexibility index (Phi) is 7.15. The second kappa shape index (κ2) is 9.80. The average Bonchev–Trinajstić information content (AvgIpc) is 3.18. The van der Waals surface area contributed by atoms with Gasteiger partial charge in [-0.15, -0.1) is 10.2 Å². The van der Waals surface area contributed by atoms with Crippen LogP contribution >= 0.6 is 11.8 Å². The summed E-state index contributed by atoms with van der Waals surface area (Å²) in [4.78, 5) is 14.8. The zero-order valence-corrected chi connectivity index (χ0v) is 18.6. The lowest BCUT2D eigenvalue weighted by molar-refractivity contribution is -0.133. The summed E-state index contributed by atoms with van der Waals surface area (Å²) in [5, 5.41) is 8.58. The fourth-order valence-corrected chi connectivity index (χ4v) is 3.61. The predicted molar refractivity (Wildman–Crippen MR) is 118 cm³/mol. The van der Waals surface area contributed by atoms with E-state index in [1.54, 1.807) is 7.11 Å². The number of benzene rings is 2. The highest BCUT2D eigenvalue weighted by molar-refractivity contribution is 7.99. The van der Waals surface area contributed by atoms with E-state index in [-0.39, 0.29) is 17.2 Å². The van der Waals surface area contributed by atoms with Crippen molar-refractivity contribution in [3.8, 4) is 5.75 Å². The molecule has 0 spiro atoms. The van der Waals surface area contributed by atoms with E-state index in [1.165, 1.54) is 11.8 Å². The quantitative estimate of drug-likeness (QED) is 0.492. The van der Waals surface area contributed by atoms with E-state index < -0.39 is 0 Å². The van der Waals surface area contributed by atoms with Crippen molar-refractivity contribution in [3.63, 3.8) is 0 Å². The Morgan fingerprint density at radius 1 is 1.03 bits per heavy atom. The summed E-state index contributed by atoms with van der Waals surface area (Å²) in [6.07, 6.45) is 0.535. The Morgan fingerprint density at radius 3 is 2.37 bits per heavy atom. The summed E-state index contributed by atoms with van der Waals surface area (Å²) in [7, 11) is 1.64. The molecule has 0 aliphatic heterocycles. The van der Waals surface area contributed by atoms with Crippen molar-refractivity contribution in [2.75, 3.05) is 12.9 Å². The minimum Gasteiger partial charge on any atom is -0.497 e. The van der Waals surface area contributed by atoms with Crippen molar-refractivity contribution in [2.24, 2.45) is 0 Å². The number of hydrogen-bond donors (Lipinski definition) is 0. The second-order valence-corrected chi connectivity index (χ2v) is 8.84. The van der Waals surface area contributed by atoms with Crippen molar-refractivity contribution < 1.29 is 13.9 Å². The SMILES string of the molecule is COc1ccc(Cc2nnc(SCC(=O)N(Cc3ccccc3)C(C)(C)C)o2)cc1. The van der Waals surface area contributed by atoms with Crippen LogP contribution in [0.5, 0.6) is 5.75 Å². The van der Waals surface area contributed by atoms with Gasteiger partial charge in [0.15, 0.2) is 0 Å². The van der Waals surface area contributed by atoms with E-state index in [2.05, 4.69) is 10.2 Å². The number of rotatable bonds is 8. The van der Waals surface area contributed by atoms with Crippen LogP contribution < -0.4 is 4.74 Å². The van der Waals surface area contributed by atoms with Crippen molar-refractivity contribution >= 4 is 17.7 Å². The monoisotopic (exact) mass is 425 g/mol. The molecule has 6 nitrogen and oxygen atoms in total. The third kappa shape index (κ3) is 6.10. The van der Waals surface area contributed by atoms with Crippen LogP contribution in [-0.4, -0.2) is 39.4 Å². The van der Waals surface area contributed by atoms with Gasteiger partial charge in [0.25, 0.3) is 5.22 Å². The standard InChI is InChI=1S/C23H27N3O3S/c1-23(2,3)26(15-18-8-6-5-7-9-18)21(27)16-30-22-25-24-20(29-22)14-17-10-12-19(28-4)13-11-17/h5-13H,14-16H2,1-4H3. The fourth-order valence-electron chi connectivity index (χ4n) is 2.95. The molecule has 0 atom stereocenters. The van der Waals surface area contributed by atoms with Crippen molar-refractivity contribution in [1.82, 2.24) is 15.1 Å². The van der Waals surface area contributed by atoms with Gasteiger partial charge in [0, 0.05) is 12.1 Å². The lowest BCUT2D eigenvalue weighted by Gasteiger charge is -2.35. The number of amides is 1. The van der Waals surface area contributed by atoms with Crippen molar-refractivity contribution in [3.05, 3.63) is 71.6 Å². The van der Waals surface area contributed by atoms with Gasteiger partial charge in [-0.25, -0.2) is 0 Å². The summed E-state index contributed by atoms with van der Waals surface area (Å²) in [6, 6.07) is 17.7. The Hall–Kier alpha value is -2.80. The van der Waals surface area contributed by atoms with E-state index in [0.29, 0.717) is 24.1 Å². The van der Waals surface area contributed by atoms with Gasteiger partial charge in [0.05, 0.1) is 19.3 Å². The van der Waals surface area contributed by atoms with Gasteiger partial charge in [-0.1, -0.05) is 54.2 Å². The number of carbonyl (C=O) groups is 1. The molecule has 0 N–H and O–H groups in total. The molecule has 0 bridgehead atoms. The summed E-state index contributed by atoms with van der Waals surface area (Å²) < 4.78 is 10.9.